The van der Waals surface area contributed by atoms with Gasteiger partial charge in [0, 0.05) is 47.8 Å². The highest BCUT2D eigenvalue weighted by atomic mass is 35.5. The van der Waals surface area contributed by atoms with Crippen molar-refractivity contribution in [3.63, 3.8) is 0 Å². The summed E-state index contributed by atoms with van der Waals surface area (Å²) in [7, 11) is 2.82. The van der Waals surface area contributed by atoms with E-state index in [0.717, 1.165) is 4.90 Å². The summed E-state index contributed by atoms with van der Waals surface area (Å²) in [6.45, 7) is -0.598. The highest BCUT2D eigenvalue weighted by Gasteiger charge is 2.64. The monoisotopic (exact) mass is 682 g/mol. The number of carbonyl (C=O) groups excluding carboxylic acids is 1. The quantitative estimate of drug-likeness (QED) is 0.358. The summed E-state index contributed by atoms with van der Waals surface area (Å²) in [5.41, 5.74) is -2.59. The van der Waals surface area contributed by atoms with Gasteiger partial charge in [-0.15, -0.1) is 0 Å². The van der Waals surface area contributed by atoms with Crippen LogP contribution in [-0.2, 0) is 25.2 Å². The Morgan fingerprint density at radius 3 is 2.37 bits per heavy atom. The third-order valence-electron chi connectivity index (χ3n) is 7.61. The van der Waals surface area contributed by atoms with Gasteiger partial charge >= 0.3 is 5.97 Å². The Balaban J connectivity index is 0.00000154. The van der Waals surface area contributed by atoms with Crippen LogP contribution in [0.25, 0.3) is 0 Å². The van der Waals surface area contributed by atoms with Crippen molar-refractivity contribution in [1.82, 2.24) is 15.2 Å². The molecule has 12 nitrogen and oxygen atoms in total. The molecule has 2 N–H and O–H groups in total. The molecule has 1 saturated heterocycles. The molecule has 0 radical (unpaired) electrons. The summed E-state index contributed by atoms with van der Waals surface area (Å²) < 4.78 is 74.6. The number of aliphatic carboxylic acids is 1. The number of anilines is 1. The lowest BCUT2D eigenvalue weighted by molar-refractivity contribution is -0.162. The number of sulfonamides is 1. The number of aromatic nitrogens is 1. The van der Waals surface area contributed by atoms with Crippen LogP contribution in [0.4, 0.5) is 14.5 Å². The van der Waals surface area contributed by atoms with E-state index < -0.39 is 63.7 Å². The van der Waals surface area contributed by atoms with Crippen molar-refractivity contribution >= 4 is 39.2 Å². The molecular weight excluding hydrogens is 650 g/mol. The number of nitrogens with one attached hydrogen (secondary N) is 1. The fraction of sp³-hybridized carbons (Fsp3) is 0.367. The Labute approximate surface area is 269 Å². The van der Waals surface area contributed by atoms with Crippen LogP contribution in [0.15, 0.2) is 59.6 Å². The topological polar surface area (TPSA) is 148 Å². The molecule has 3 aromatic rings. The smallest absolute Gasteiger partial charge is 0.321 e. The number of carboxylic acids is 1. The maximum atomic E-state index is 15.0. The molecule has 1 aromatic heterocycles. The van der Waals surface area contributed by atoms with Gasteiger partial charge in [0.1, 0.15) is 22.4 Å². The van der Waals surface area contributed by atoms with Gasteiger partial charge in [0.05, 0.1) is 27.0 Å². The zero-order valence-corrected chi connectivity index (χ0v) is 27.2. The van der Waals surface area contributed by atoms with Crippen LogP contribution in [-0.4, -0.2) is 89.2 Å². The van der Waals surface area contributed by atoms with Gasteiger partial charge in [-0.05, 0) is 56.6 Å². The van der Waals surface area contributed by atoms with Crippen LogP contribution in [0.3, 0.4) is 0 Å². The number of fused-ring (bicyclic) bond motifs is 1. The number of piperidine rings is 1. The first-order chi connectivity index (χ1) is 21.7. The van der Waals surface area contributed by atoms with Crippen LogP contribution in [0.5, 0.6) is 17.4 Å². The summed E-state index contributed by atoms with van der Waals surface area (Å²) in [6.07, 6.45) is -0.581. The SMILES string of the molecule is CNC.COc1ccc(S(=O)(=O)N2C(=O)C(c3cccnc3OC)(N3CCC(F)(F)C[C@H]3C(=O)O)c3cc(Cl)ccc32)c(OC)c1. The highest BCUT2D eigenvalue weighted by Crippen LogP contribution is 2.55. The van der Waals surface area contributed by atoms with E-state index in [2.05, 4.69) is 10.3 Å². The van der Waals surface area contributed by atoms with Crippen LogP contribution < -0.4 is 23.8 Å². The normalized spacial score (nSPS) is 20.7. The lowest BCUT2D eigenvalue weighted by Crippen LogP contribution is -2.63. The van der Waals surface area contributed by atoms with E-state index in [-0.39, 0.29) is 39.2 Å². The van der Waals surface area contributed by atoms with Crippen LogP contribution in [0.1, 0.15) is 24.0 Å². The molecule has 248 valence electrons. The van der Waals surface area contributed by atoms with Gasteiger partial charge in [0.25, 0.3) is 21.9 Å². The molecule has 3 heterocycles. The molecule has 2 aliphatic rings. The fourth-order valence-corrected chi connectivity index (χ4v) is 7.52. The van der Waals surface area contributed by atoms with Crippen LogP contribution >= 0.6 is 11.6 Å². The highest BCUT2D eigenvalue weighted by molar-refractivity contribution is 7.93. The average Bonchev–Trinajstić information content (AvgIpc) is 3.28. The number of pyridine rings is 1. The van der Waals surface area contributed by atoms with Gasteiger partial charge in [-0.3, -0.25) is 14.5 Å². The van der Waals surface area contributed by atoms with Gasteiger partial charge < -0.3 is 24.6 Å². The summed E-state index contributed by atoms with van der Waals surface area (Å²) in [6, 6.07) is 8.78. The predicted molar refractivity (Wildman–Crippen MR) is 165 cm³/mol. The van der Waals surface area contributed by atoms with Crippen molar-refractivity contribution in [3.8, 4) is 17.4 Å². The Hall–Kier alpha value is -4.05. The van der Waals surface area contributed by atoms with Crippen LogP contribution in [0.2, 0.25) is 5.02 Å². The minimum atomic E-state index is -4.80. The minimum Gasteiger partial charge on any atom is -0.497 e. The van der Waals surface area contributed by atoms with E-state index in [9.17, 15) is 31.9 Å². The second kappa shape index (κ2) is 13.4. The number of hydrogen-bond acceptors (Lipinski definition) is 10. The molecule has 16 heteroatoms. The first-order valence-electron chi connectivity index (χ1n) is 13.8. The van der Waals surface area contributed by atoms with E-state index >= 15 is 0 Å². The number of likely N-dealkylation sites (tertiary alicyclic amines) is 1. The molecular formula is C30H33ClF2N4O8S. The Kier molecular flexibility index (Phi) is 10.1. The van der Waals surface area contributed by atoms with Crippen molar-refractivity contribution in [3.05, 3.63) is 70.9 Å². The number of alkyl halides is 2. The van der Waals surface area contributed by atoms with Crippen molar-refractivity contribution in [1.29, 1.82) is 0 Å². The minimum absolute atomic E-state index is 0.0520. The number of amides is 1. The van der Waals surface area contributed by atoms with Gasteiger partial charge in [0.2, 0.25) is 5.88 Å². The second-order valence-corrected chi connectivity index (χ2v) is 12.6. The average molecular weight is 683 g/mol. The standard InChI is InChI=1S/C28H26ClF2N3O8S.C2H7N/c1-40-17-7-9-23(22(14-17)41-2)43(38,39)34-20-8-6-16(29)13-19(20)28(26(34)37,18-5-4-11-32-24(18)42-3)33-12-10-27(30,31)15-21(33)25(35)36;1-3-2/h4-9,11,13-14,21H,10,12,15H2,1-3H3,(H,35,36);3H,1-2H3/t21-,28?;/m0./s1. The number of benzene rings is 2. The Morgan fingerprint density at radius 1 is 1.07 bits per heavy atom. The molecule has 2 aliphatic heterocycles. The third kappa shape index (κ3) is 5.83. The summed E-state index contributed by atoms with van der Waals surface area (Å²) in [4.78, 5) is 32.4. The number of rotatable bonds is 8. The molecule has 2 atom stereocenters. The molecule has 46 heavy (non-hydrogen) atoms. The van der Waals surface area contributed by atoms with Crippen molar-refractivity contribution in [2.75, 3.05) is 46.3 Å². The summed E-state index contributed by atoms with van der Waals surface area (Å²) in [5.74, 6) is -6.16. The molecule has 0 spiro atoms. The number of ether oxygens (including phenoxy) is 3. The predicted octanol–water partition coefficient (Wildman–Crippen LogP) is 3.76. The number of carbonyl (C=O) groups is 2. The van der Waals surface area contributed by atoms with Crippen molar-refractivity contribution in [2.45, 2.75) is 35.2 Å². The molecule has 1 unspecified atom stereocenters. The molecule has 0 aliphatic carbocycles. The molecule has 5 rings (SSSR count). The van der Waals surface area contributed by atoms with E-state index in [1.54, 1.807) is 0 Å². The van der Waals surface area contributed by atoms with E-state index in [1.165, 1.54) is 76.1 Å². The number of methoxy groups -OCH3 is 3. The Morgan fingerprint density at radius 2 is 1.76 bits per heavy atom. The lowest BCUT2D eigenvalue weighted by Gasteiger charge is -2.47. The van der Waals surface area contributed by atoms with Gasteiger partial charge in [0.15, 0.2) is 5.54 Å². The van der Waals surface area contributed by atoms with E-state index in [4.69, 9.17) is 25.8 Å². The maximum absolute atomic E-state index is 15.0. The van der Waals surface area contributed by atoms with Gasteiger partial charge in [-0.2, -0.15) is 0 Å². The van der Waals surface area contributed by atoms with Crippen LogP contribution in [0, 0.1) is 0 Å². The van der Waals surface area contributed by atoms with Gasteiger partial charge in [-0.25, -0.2) is 26.5 Å². The van der Waals surface area contributed by atoms with E-state index in [1.807, 2.05) is 14.1 Å². The fourth-order valence-electron chi connectivity index (χ4n) is 5.75. The Bertz CT molecular complexity index is 1750. The van der Waals surface area contributed by atoms with E-state index in [0.29, 0.717) is 4.31 Å². The zero-order valence-electron chi connectivity index (χ0n) is 25.6. The second-order valence-electron chi connectivity index (χ2n) is 10.4. The molecule has 2 aromatic carbocycles. The first kappa shape index (κ1) is 34.8. The zero-order chi connectivity index (χ0) is 34.0. The number of nitrogens with zero attached hydrogens (tertiary/aromatic N) is 3. The number of carboxylic acid groups (broad SMARTS) is 1. The van der Waals surface area contributed by atoms with Crippen molar-refractivity contribution < 1.29 is 46.1 Å². The van der Waals surface area contributed by atoms with Gasteiger partial charge in [-0.1, -0.05) is 11.6 Å². The maximum Gasteiger partial charge on any atom is 0.321 e. The molecule has 0 bridgehead atoms. The summed E-state index contributed by atoms with van der Waals surface area (Å²) >= 11 is 6.39. The molecule has 1 amide bonds. The lowest BCUT2D eigenvalue weighted by atomic mass is 9.79. The number of hydrogen-bond donors (Lipinski definition) is 2. The summed E-state index contributed by atoms with van der Waals surface area (Å²) in [5, 5.41) is 13.0. The molecule has 1 fully saturated rings. The largest absolute Gasteiger partial charge is 0.497 e. The number of halogens is 3. The molecule has 0 saturated carbocycles. The van der Waals surface area contributed by atoms with Crippen molar-refractivity contribution in [2.24, 2.45) is 0 Å². The third-order valence-corrected chi connectivity index (χ3v) is 9.58. The first-order valence-corrected chi connectivity index (χ1v) is 15.6.